The monoisotopic (exact) mass is 218 g/mol. The van der Waals surface area contributed by atoms with Crippen molar-refractivity contribution in [2.45, 2.75) is 65.3 Å². The molecule has 0 fully saturated rings. The largest absolute Gasteiger partial charge is 0.391 e. The maximum atomic E-state index is 9.06. The molecule has 0 aromatic rings. The van der Waals surface area contributed by atoms with Crippen LogP contribution in [0, 0.1) is 0 Å². The van der Waals surface area contributed by atoms with Gasteiger partial charge in [0.25, 0.3) is 0 Å². The van der Waals surface area contributed by atoms with Crippen molar-refractivity contribution in [3.63, 3.8) is 0 Å². The van der Waals surface area contributed by atoms with E-state index < -0.39 is 6.10 Å². The molecule has 0 saturated heterocycles. The van der Waals surface area contributed by atoms with Crippen molar-refractivity contribution >= 4 is 0 Å². The molecule has 3 nitrogen and oxygen atoms in total. The van der Waals surface area contributed by atoms with Crippen LogP contribution < -0.4 is 0 Å². The molecular formula is C12H26O3. The summed E-state index contributed by atoms with van der Waals surface area (Å²) >= 11 is 0. The summed E-state index contributed by atoms with van der Waals surface area (Å²) in [7, 11) is 0. The average molecular weight is 218 g/mol. The molecule has 0 aliphatic heterocycles. The Hall–Kier alpha value is -0.120. The zero-order valence-corrected chi connectivity index (χ0v) is 10.4. The lowest BCUT2D eigenvalue weighted by Crippen LogP contribution is -2.22. The van der Waals surface area contributed by atoms with E-state index in [2.05, 4.69) is 6.92 Å². The lowest BCUT2D eigenvalue weighted by molar-refractivity contribution is -0.157. The zero-order chi connectivity index (χ0) is 11.5. The normalized spacial score (nSPS) is 15.2. The number of hydrogen-bond donors (Lipinski definition) is 1. The first-order valence-corrected chi connectivity index (χ1v) is 6.12. The van der Waals surface area contributed by atoms with E-state index >= 15 is 0 Å². The van der Waals surface area contributed by atoms with Gasteiger partial charge in [-0.25, -0.2) is 0 Å². The van der Waals surface area contributed by atoms with Crippen LogP contribution in [0.1, 0.15) is 52.9 Å². The average Bonchev–Trinajstić information content (AvgIpc) is 2.22. The van der Waals surface area contributed by atoms with Gasteiger partial charge in [-0.1, -0.05) is 33.1 Å². The van der Waals surface area contributed by atoms with Crippen molar-refractivity contribution in [3.8, 4) is 0 Å². The molecule has 0 aromatic carbocycles. The number of hydrogen-bond acceptors (Lipinski definition) is 3. The van der Waals surface area contributed by atoms with E-state index in [0.29, 0.717) is 6.61 Å². The van der Waals surface area contributed by atoms with Crippen LogP contribution in [0.5, 0.6) is 0 Å². The molecular weight excluding hydrogens is 192 g/mol. The van der Waals surface area contributed by atoms with Gasteiger partial charge in [0.15, 0.2) is 6.29 Å². The van der Waals surface area contributed by atoms with E-state index in [9.17, 15) is 0 Å². The van der Waals surface area contributed by atoms with E-state index in [4.69, 9.17) is 14.6 Å². The lowest BCUT2D eigenvalue weighted by Gasteiger charge is -2.17. The molecule has 0 radical (unpaired) electrons. The highest BCUT2D eigenvalue weighted by Crippen LogP contribution is 2.05. The first-order chi connectivity index (χ1) is 7.20. The molecule has 3 heteroatoms. The minimum Gasteiger partial charge on any atom is -0.391 e. The van der Waals surface area contributed by atoms with Crippen LogP contribution in [0.15, 0.2) is 0 Å². The van der Waals surface area contributed by atoms with Crippen molar-refractivity contribution in [3.05, 3.63) is 0 Å². The van der Waals surface area contributed by atoms with Gasteiger partial charge in [0.05, 0.1) is 12.7 Å². The van der Waals surface area contributed by atoms with Gasteiger partial charge in [-0.15, -0.1) is 0 Å². The first kappa shape index (κ1) is 14.9. The molecule has 0 spiro atoms. The Morgan fingerprint density at radius 1 is 1.07 bits per heavy atom. The second-order valence-electron chi connectivity index (χ2n) is 3.95. The number of unbranched alkanes of at least 4 members (excludes halogenated alkanes) is 3. The van der Waals surface area contributed by atoms with Gasteiger partial charge >= 0.3 is 0 Å². The Morgan fingerprint density at radius 3 is 2.33 bits per heavy atom. The maximum Gasteiger partial charge on any atom is 0.157 e. The van der Waals surface area contributed by atoms with Crippen LogP contribution in [0.25, 0.3) is 0 Å². The van der Waals surface area contributed by atoms with Gasteiger partial charge in [0.2, 0.25) is 0 Å². The number of aliphatic hydroxyl groups excluding tert-OH is 1. The molecule has 0 heterocycles. The summed E-state index contributed by atoms with van der Waals surface area (Å²) in [5.41, 5.74) is 0. The van der Waals surface area contributed by atoms with E-state index in [1.807, 2.05) is 6.92 Å². The fourth-order valence-corrected chi connectivity index (χ4v) is 1.27. The van der Waals surface area contributed by atoms with Crippen LogP contribution >= 0.6 is 0 Å². The van der Waals surface area contributed by atoms with Crippen LogP contribution in [-0.4, -0.2) is 30.7 Å². The Bertz CT molecular complexity index is 126. The third-order valence-electron chi connectivity index (χ3n) is 2.16. The third kappa shape index (κ3) is 10.2. The predicted molar refractivity (Wildman–Crippen MR) is 61.8 cm³/mol. The quantitative estimate of drug-likeness (QED) is 0.452. The van der Waals surface area contributed by atoms with Gasteiger partial charge in [0, 0.05) is 6.61 Å². The summed E-state index contributed by atoms with van der Waals surface area (Å²) in [5.74, 6) is 0. The number of rotatable bonds is 10. The summed E-state index contributed by atoms with van der Waals surface area (Å²) in [5, 5.41) is 9.06. The summed E-state index contributed by atoms with van der Waals surface area (Å²) in [6.07, 6.45) is 5.11. The maximum absolute atomic E-state index is 9.06. The van der Waals surface area contributed by atoms with Gasteiger partial charge < -0.3 is 14.6 Å². The molecule has 1 N–H and O–H groups in total. The van der Waals surface area contributed by atoms with Crippen molar-refractivity contribution in [1.82, 2.24) is 0 Å². The predicted octanol–water partition coefficient (Wildman–Crippen LogP) is 2.72. The number of ether oxygens (including phenoxy) is 2. The molecule has 0 aromatic heterocycles. The highest BCUT2D eigenvalue weighted by molar-refractivity contribution is 4.47. The van der Waals surface area contributed by atoms with Gasteiger partial charge in [-0.3, -0.25) is 0 Å². The smallest absolute Gasteiger partial charge is 0.157 e. The molecule has 0 saturated carbocycles. The van der Waals surface area contributed by atoms with E-state index in [1.165, 1.54) is 19.3 Å². The van der Waals surface area contributed by atoms with Crippen LogP contribution in [0.4, 0.5) is 0 Å². The zero-order valence-electron chi connectivity index (χ0n) is 10.4. The van der Waals surface area contributed by atoms with Gasteiger partial charge in [-0.2, -0.15) is 0 Å². The Kier molecular flexibility index (Phi) is 10.3. The molecule has 2 unspecified atom stereocenters. The number of aliphatic hydroxyl groups is 1. The molecule has 0 bridgehead atoms. The standard InChI is InChI=1S/C12H26O3/c1-4-6-7-8-9-14-12(5-2)15-10-11(3)13/h11-13H,4-10H2,1-3H3. The Labute approximate surface area is 93.8 Å². The summed E-state index contributed by atoms with van der Waals surface area (Å²) in [4.78, 5) is 0. The summed E-state index contributed by atoms with van der Waals surface area (Å²) < 4.78 is 10.9. The summed E-state index contributed by atoms with van der Waals surface area (Å²) in [6.45, 7) is 7.06. The van der Waals surface area contributed by atoms with Crippen LogP contribution in [0.3, 0.4) is 0 Å². The Morgan fingerprint density at radius 2 is 1.80 bits per heavy atom. The second kappa shape index (κ2) is 10.4. The minimum atomic E-state index is -0.414. The molecule has 0 amide bonds. The van der Waals surface area contributed by atoms with Gasteiger partial charge in [-0.05, 0) is 19.8 Å². The highest BCUT2D eigenvalue weighted by atomic mass is 16.7. The first-order valence-electron chi connectivity index (χ1n) is 6.12. The van der Waals surface area contributed by atoms with E-state index in [1.54, 1.807) is 6.92 Å². The van der Waals surface area contributed by atoms with Gasteiger partial charge in [0.1, 0.15) is 0 Å². The van der Waals surface area contributed by atoms with Crippen molar-refractivity contribution in [2.75, 3.05) is 13.2 Å². The minimum absolute atomic E-state index is 0.152. The molecule has 92 valence electrons. The molecule has 15 heavy (non-hydrogen) atoms. The van der Waals surface area contributed by atoms with Crippen LogP contribution in [-0.2, 0) is 9.47 Å². The topological polar surface area (TPSA) is 38.7 Å². The van der Waals surface area contributed by atoms with Crippen LogP contribution in [0.2, 0.25) is 0 Å². The molecule has 2 atom stereocenters. The van der Waals surface area contributed by atoms with Crippen molar-refractivity contribution < 1.29 is 14.6 Å². The highest BCUT2D eigenvalue weighted by Gasteiger charge is 2.07. The molecule has 0 aliphatic carbocycles. The lowest BCUT2D eigenvalue weighted by atomic mass is 10.2. The Balaban J connectivity index is 3.36. The van der Waals surface area contributed by atoms with Crippen molar-refractivity contribution in [1.29, 1.82) is 0 Å². The SMILES string of the molecule is CCCCCCOC(CC)OCC(C)O. The van der Waals surface area contributed by atoms with E-state index in [0.717, 1.165) is 19.4 Å². The second-order valence-corrected chi connectivity index (χ2v) is 3.95. The molecule has 0 rings (SSSR count). The fourth-order valence-electron chi connectivity index (χ4n) is 1.27. The van der Waals surface area contributed by atoms with E-state index in [-0.39, 0.29) is 6.29 Å². The fraction of sp³-hybridized carbons (Fsp3) is 1.00. The molecule has 0 aliphatic rings. The van der Waals surface area contributed by atoms with Crippen molar-refractivity contribution in [2.24, 2.45) is 0 Å². The third-order valence-corrected chi connectivity index (χ3v) is 2.16. The summed E-state index contributed by atoms with van der Waals surface area (Å²) in [6, 6.07) is 0.